The highest BCUT2D eigenvalue weighted by Crippen LogP contribution is 2.31. The highest BCUT2D eigenvalue weighted by Gasteiger charge is 2.25. The molecule has 2 atom stereocenters. The highest BCUT2D eigenvalue weighted by molar-refractivity contribution is 5.30. The number of hydrogen-bond donors (Lipinski definition) is 1. The normalized spacial score (nSPS) is 28.1. The summed E-state index contributed by atoms with van der Waals surface area (Å²) in [5.74, 6) is 0. The number of nitrogens with zero attached hydrogens (tertiary/aromatic N) is 2. The van der Waals surface area contributed by atoms with Crippen molar-refractivity contribution in [2.45, 2.75) is 31.4 Å². The van der Waals surface area contributed by atoms with Crippen LogP contribution >= 0.6 is 0 Å². The molecule has 1 heterocycles. The van der Waals surface area contributed by atoms with Crippen molar-refractivity contribution in [1.29, 1.82) is 0 Å². The maximum Gasteiger partial charge on any atom is 0.0719 e. The summed E-state index contributed by atoms with van der Waals surface area (Å²) in [7, 11) is 1.77. The molecule has 4 heteroatoms. The minimum Gasteiger partial charge on any atom is -0.396 e. The average Bonchev–Trinajstić information content (AvgIpc) is 2.71. The lowest BCUT2D eigenvalue weighted by Gasteiger charge is -2.10. The zero-order valence-electron chi connectivity index (χ0n) is 7.81. The molecule has 13 heavy (non-hydrogen) atoms. The van der Waals surface area contributed by atoms with E-state index in [-0.39, 0.29) is 0 Å². The van der Waals surface area contributed by atoms with Crippen molar-refractivity contribution in [3.63, 3.8) is 0 Å². The van der Waals surface area contributed by atoms with E-state index in [2.05, 4.69) is 5.10 Å². The van der Waals surface area contributed by atoms with Gasteiger partial charge < -0.3 is 10.5 Å². The number of rotatable bonds is 2. The molecule has 1 aromatic heterocycles. The van der Waals surface area contributed by atoms with Gasteiger partial charge in [-0.25, -0.2) is 0 Å². The standard InChI is InChI=1S/C9H15N3O/c1-13-9-3-2-8(4-9)12-6-7(10)5-11-12/h5-6,8-9H,2-4,10H2,1H3. The van der Waals surface area contributed by atoms with Crippen molar-refractivity contribution >= 4 is 5.69 Å². The van der Waals surface area contributed by atoms with E-state index in [1.54, 1.807) is 13.3 Å². The molecule has 0 radical (unpaired) electrons. The van der Waals surface area contributed by atoms with Crippen molar-refractivity contribution in [2.75, 3.05) is 12.8 Å². The van der Waals surface area contributed by atoms with Gasteiger partial charge in [-0.05, 0) is 19.3 Å². The van der Waals surface area contributed by atoms with Crippen LogP contribution in [0.2, 0.25) is 0 Å². The van der Waals surface area contributed by atoms with Crippen molar-refractivity contribution in [1.82, 2.24) is 9.78 Å². The fraction of sp³-hybridized carbons (Fsp3) is 0.667. The predicted octanol–water partition coefficient (Wildman–Crippen LogP) is 1.21. The Balaban J connectivity index is 2.03. The Morgan fingerprint density at radius 3 is 3.00 bits per heavy atom. The lowest BCUT2D eigenvalue weighted by atomic mass is 10.2. The molecule has 1 aliphatic carbocycles. The van der Waals surface area contributed by atoms with E-state index in [0.717, 1.165) is 24.9 Å². The minimum absolute atomic E-state index is 0.399. The number of nitrogen functional groups attached to an aromatic ring is 1. The Kier molecular flexibility index (Phi) is 2.22. The van der Waals surface area contributed by atoms with Crippen LogP contribution in [0.3, 0.4) is 0 Å². The maximum atomic E-state index is 5.60. The third kappa shape index (κ3) is 1.67. The molecule has 2 N–H and O–H groups in total. The summed E-state index contributed by atoms with van der Waals surface area (Å²) in [6, 6.07) is 0.474. The van der Waals surface area contributed by atoms with Gasteiger partial charge in [0.15, 0.2) is 0 Å². The Morgan fingerprint density at radius 1 is 1.62 bits per heavy atom. The second-order valence-corrected chi connectivity index (χ2v) is 3.58. The number of anilines is 1. The van der Waals surface area contributed by atoms with Gasteiger partial charge in [0.1, 0.15) is 0 Å². The molecule has 0 aromatic carbocycles. The highest BCUT2D eigenvalue weighted by atomic mass is 16.5. The van der Waals surface area contributed by atoms with Gasteiger partial charge in [-0.3, -0.25) is 4.68 Å². The first-order chi connectivity index (χ1) is 6.29. The van der Waals surface area contributed by atoms with Crippen LogP contribution in [0.1, 0.15) is 25.3 Å². The first-order valence-corrected chi connectivity index (χ1v) is 4.62. The third-order valence-electron chi connectivity index (χ3n) is 2.69. The topological polar surface area (TPSA) is 53.1 Å². The summed E-state index contributed by atoms with van der Waals surface area (Å²) in [6.45, 7) is 0. The van der Waals surface area contributed by atoms with Crippen LogP contribution in [0.25, 0.3) is 0 Å². The van der Waals surface area contributed by atoms with Gasteiger partial charge in [-0.1, -0.05) is 0 Å². The quantitative estimate of drug-likeness (QED) is 0.746. The molecule has 0 aliphatic heterocycles. The first-order valence-electron chi connectivity index (χ1n) is 4.62. The molecule has 1 saturated carbocycles. The Labute approximate surface area is 77.7 Å². The van der Waals surface area contributed by atoms with Crippen molar-refractivity contribution in [2.24, 2.45) is 0 Å². The van der Waals surface area contributed by atoms with Crippen LogP contribution in [0.4, 0.5) is 5.69 Å². The number of methoxy groups -OCH3 is 1. The van der Waals surface area contributed by atoms with E-state index in [0.29, 0.717) is 12.1 Å². The zero-order chi connectivity index (χ0) is 9.26. The van der Waals surface area contributed by atoms with E-state index in [1.807, 2.05) is 10.9 Å². The Hall–Kier alpha value is -1.03. The molecule has 72 valence electrons. The van der Waals surface area contributed by atoms with Crippen molar-refractivity contribution in [3.05, 3.63) is 12.4 Å². The summed E-state index contributed by atoms with van der Waals surface area (Å²) >= 11 is 0. The van der Waals surface area contributed by atoms with E-state index >= 15 is 0 Å². The second-order valence-electron chi connectivity index (χ2n) is 3.58. The summed E-state index contributed by atoms with van der Waals surface area (Å²) in [6.07, 6.45) is 7.30. The largest absolute Gasteiger partial charge is 0.396 e. The molecule has 2 unspecified atom stereocenters. The number of nitrogens with two attached hydrogens (primary N) is 1. The van der Waals surface area contributed by atoms with Gasteiger partial charge >= 0.3 is 0 Å². The van der Waals surface area contributed by atoms with Crippen molar-refractivity contribution in [3.8, 4) is 0 Å². The van der Waals surface area contributed by atoms with E-state index in [1.165, 1.54) is 0 Å². The molecular formula is C9H15N3O. The fourth-order valence-corrected chi connectivity index (χ4v) is 1.92. The van der Waals surface area contributed by atoms with Crippen LogP contribution in [0, 0.1) is 0 Å². The van der Waals surface area contributed by atoms with E-state index in [4.69, 9.17) is 10.5 Å². The molecule has 1 fully saturated rings. The summed E-state index contributed by atoms with van der Waals surface area (Å²) in [4.78, 5) is 0. The second kappa shape index (κ2) is 3.38. The van der Waals surface area contributed by atoms with Gasteiger partial charge in [-0.15, -0.1) is 0 Å². The molecule has 0 saturated heterocycles. The lowest BCUT2D eigenvalue weighted by molar-refractivity contribution is 0.105. The van der Waals surface area contributed by atoms with E-state index < -0.39 is 0 Å². The summed E-state index contributed by atoms with van der Waals surface area (Å²) < 4.78 is 7.25. The molecule has 4 nitrogen and oxygen atoms in total. The third-order valence-corrected chi connectivity index (χ3v) is 2.69. The Morgan fingerprint density at radius 2 is 2.46 bits per heavy atom. The molecule has 1 aliphatic rings. The van der Waals surface area contributed by atoms with Crippen LogP contribution in [-0.4, -0.2) is 23.0 Å². The van der Waals surface area contributed by atoms with Crippen LogP contribution < -0.4 is 5.73 Å². The van der Waals surface area contributed by atoms with Crippen LogP contribution in [0.5, 0.6) is 0 Å². The smallest absolute Gasteiger partial charge is 0.0719 e. The lowest BCUT2D eigenvalue weighted by Crippen LogP contribution is -2.09. The minimum atomic E-state index is 0.399. The number of ether oxygens (including phenoxy) is 1. The van der Waals surface area contributed by atoms with Gasteiger partial charge in [0.05, 0.1) is 24.0 Å². The van der Waals surface area contributed by atoms with Gasteiger partial charge in [-0.2, -0.15) is 5.10 Å². The molecule has 0 amide bonds. The van der Waals surface area contributed by atoms with E-state index in [9.17, 15) is 0 Å². The van der Waals surface area contributed by atoms with Crippen molar-refractivity contribution < 1.29 is 4.74 Å². The Bertz CT molecular complexity index is 284. The molecule has 1 aromatic rings. The molecule has 2 rings (SSSR count). The molecular weight excluding hydrogens is 166 g/mol. The van der Waals surface area contributed by atoms with Gasteiger partial charge in [0, 0.05) is 13.3 Å². The van der Waals surface area contributed by atoms with Gasteiger partial charge in [0.2, 0.25) is 0 Å². The monoisotopic (exact) mass is 181 g/mol. The zero-order valence-corrected chi connectivity index (χ0v) is 7.81. The molecule has 0 bridgehead atoms. The van der Waals surface area contributed by atoms with Crippen LogP contribution in [0.15, 0.2) is 12.4 Å². The summed E-state index contributed by atoms with van der Waals surface area (Å²) in [5, 5.41) is 4.20. The summed E-state index contributed by atoms with van der Waals surface area (Å²) in [5.41, 5.74) is 6.34. The fourth-order valence-electron chi connectivity index (χ4n) is 1.92. The number of hydrogen-bond acceptors (Lipinski definition) is 3. The first kappa shape index (κ1) is 8.56. The van der Waals surface area contributed by atoms with Gasteiger partial charge in [0.25, 0.3) is 0 Å². The predicted molar refractivity (Wildman–Crippen MR) is 50.3 cm³/mol. The number of aromatic nitrogens is 2. The average molecular weight is 181 g/mol. The maximum absolute atomic E-state index is 5.60. The van der Waals surface area contributed by atoms with Crippen LogP contribution in [-0.2, 0) is 4.74 Å². The SMILES string of the molecule is COC1CCC(n2cc(N)cn2)C1. The molecule has 0 spiro atoms.